The van der Waals surface area contributed by atoms with Crippen LogP contribution in [-0.4, -0.2) is 44.2 Å². The monoisotopic (exact) mass is 322 g/mol. The fraction of sp³-hybridized carbons (Fsp3) is 0.455. The number of rotatable bonds is 2. The van der Waals surface area contributed by atoms with E-state index in [1.807, 2.05) is 5.92 Å². The van der Waals surface area contributed by atoms with Gasteiger partial charge in [-0.1, -0.05) is 0 Å². The summed E-state index contributed by atoms with van der Waals surface area (Å²) in [6.07, 6.45) is -4.81. The first kappa shape index (κ1) is 15.7. The second-order valence-corrected chi connectivity index (χ2v) is 4.47. The predicted molar refractivity (Wildman–Crippen MR) is 65.8 cm³/mol. The Kier molecular flexibility index (Phi) is 4.15. The van der Waals surface area contributed by atoms with Crippen LogP contribution >= 0.6 is 11.6 Å². The van der Waals surface area contributed by atoms with Crippen LogP contribution in [0.4, 0.5) is 8.78 Å². The van der Waals surface area contributed by atoms with Gasteiger partial charge < -0.3 is 14.9 Å². The van der Waals surface area contributed by atoms with Gasteiger partial charge in [-0.05, 0) is 17.5 Å². The smallest absolute Gasteiger partial charge is 0.330 e. The Balaban J connectivity index is 2.60. The molecule has 21 heavy (non-hydrogen) atoms. The second kappa shape index (κ2) is 5.57. The van der Waals surface area contributed by atoms with Gasteiger partial charge in [-0.15, -0.1) is 0 Å². The van der Waals surface area contributed by atoms with E-state index in [4.69, 9.17) is 21.4 Å². The lowest BCUT2D eigenvalue weighted by Gasteiger charge is -2.23. The van der Waals surface area contributed by atoms with Crippen LogP contribution in [0.3, 0.4) is 0 Å². The summed E-state index contributed by atoms with van der Waals surface area (Å²) in [5, 5.41) is 20.5. The second-order valence-electron chi connectivity index (χ2n) is 4.29. The maximum absolute atomic E-state index is 14.8. The highest BCUT2D eigenvalue weighted by molar-refractivity contribution is 6.30. The maximum Gasteiger partial charge on any atom is 0.330 e. The molecule has 1 saturated heterocycles. The third kappa shape index (κ3) is 2.47. The van der Waals surface area contributed by atoms with Crippen LogP contribution in [-0.2, 0) is 4.74 Å². The Bertz CT molecular complexity index is 724. The molecule has 7 nitrogen and oxygen atoms in total. The summed E-state index contributed by atoms with van der Waals surface area (Å²) in [5.74, 6) is 0.473. The average Bonchev–Trinajstić information content (AvgIpc) is 2.67. The first-order chi connectivity index (χ1) is 9.85. The largest absolute Gasteiger partial charge is 0.394 e. The molecular formula is C11H9ClF2N2O5. The fourth-order valence-corrected chi connectivity index (χ4v) is 2.15. The summed E-state index contributed by atoms with van der Waals surface area (Å²) in [5.41, 5.74) is -5.33. The maximum atomic E-state index is 14.8. The molecule has 114 valence electrons. The van der Waals surface area contributed by atoms with Crippen LogP contribution in [0.25, 0.3) is 0 Å². The summed E-state index contributed by atoms with van der Waals surface area (Å²) in [4.78, 5) is 24.2. The van der Waals surface area contributed by atoms with E-state index in [2.05, 4.69) is 0 Å². The summed E-state index contributed by atoms with van der Waals surface area (Å²) in [7, 11) is 0. The van der Waals surface area contributed by atoms with E-state index in [1.54, 1.807) is 10.4 Å². The van der Waals surface area contributed by atoms with Crippen molar-refractivity contribution < 1.29 is 23.7 Å². The standard InChI is InChI=1S/C11H9ClF2N2O5/c12-2-1-11(14)7(18)6(4-17)21-9(11)16-3-5(13)8(19)15-10(16)20/h3,6-7,9,17-18H,4H2,(H,15,19,20)/t6-,7?,9-,11?/m1/s1. The van der Waals surface area contributed by atoms with Gasteiger partial charge in [0.1, 0.15) is 12.2 Å². The molecule has 0 saturated carbocycles. The van der Waals surface area contributed by atoms with Crippen molar-refractivity contribution in [2.24, 2.45) is 0 Å². The molecule has 1 aliphatic rings. The minimum absolute atomic E-state index is 0.386. The Labute approximate surface area is 120 Å². The van der Waals surface area contributed by atoms with Crippen molar-refractivity contribution in [3.8, 4) is 11.3 Å². The van der Waals surface area contributed by atoms with Crippen molar-refractivity contribution in [2.45, 2.75) is 24.1 Å². The molecule has 2 heterocycles. The highest BCUT2D eigenvalue weighted by Crippen LogP contribution is 2.40. The lowest BCUT2D eigenvalue weighted by molar-refractivity contribution is -0.0547. The molecule has 0 amide bonds. The van der Waals surface area contributed by atoms with Gasteiger partial charge in [-0.2, -0.15) is 4.39 Å². The number of halogens is 3. The van der Waals surface area contributed by atoms with Crippen molar-refractivity contribution in [2.75, 3.05) is 6.61 Å². The molecule has 1 aromatic rings. The van der Waals surface area contributed by atoms with Crippen molar-refractivity contribution >= 4 is 11.6 Å². The van der Waals surface area contributed by atoms with Crippen LogP contribution in [0, 0.1) is 17.1 Å². The average molecular weight is 323 g/mol. The number of hydrogen-bond acceptors (Lipinski definition) is 5. The number of aromatic amines is 1. The first-order valence-electron chi connectivity index (χ1n) is 5.62. The number of nitrogens with zero attached hydrogens (tertiary/aromatic N) is 1. The number of hydrogen-bond donors (Lipinski definition) is 3. The lowest BCUT2D eigenvalue weighted by Crippen LogP contribution is -2.45. The quantitative estimate of drug-likeness (QED) is 0.595. The molecule has 0 aromatic carbocycles. The van der Waals surface area contributed by atoms with E-state index in [0.717, 1.165) is 0 Å². The topological polar surface area (TPSA) is 105 Å². The van der Waals surface area contributed by atoms with Crippen molar-refractivity contribution in [3.63, 3.8) is 0 Å². The minimum atomic E-state index is -2.87. The number of H-pyrrole nitrogens is 1. The predicted octanol–water partition coefficient (Wildman–Crippen LogP) is -1.17. The molecule has 2 rings (SSSR count). The molecule has 1 fully saturated rings. The molecule has 2 unspecified atom stereocenters. The summed E-state index contributed by atoms with van der Waals surface area (Å²) < 4.78 is 33.4. The summed E-state index contributed by atoms with van der Waals surface area (Å²) in [6.45, 7) is -0.770. The number of aromatic nitrogens is 2. The summed E-state index contributed by atoms with van der Waals surface area (Å²) in [6, 6.07) is 0. The minimum Gasteiger partial charge on any atom is -0.394 e. The van der Waals surface area contributed by atoms with Crippen molar-refractivity contribution in [3.05, 3.63) is 32.9 Å². The Morgan fingerprint density at radius 1 is 1.57 bits per heavy atom. The zero-order valence-corrected chi connectivity index (χ0v) is 11.0. The number of ether oxygens (including phenoxy) is 1. The first-order valence-corrected chi connectivity index (χ1v) is 6.00. The van der Waals surface area contributed by atoms with Gasteiger partial charge in [0.2, 0.25) is 11.5 Å². The molecule has 0 radical (unpaired) electrons. The van der Waals surface area contributed by atoms with E-state index >= 15 is 0 Å². The van der Waals surface area contributed by atoms with Crippen LogP contribution in [0.1, 0.15) is 6.23 Å². The molecule has 0 bridgehead atoms. The Morgan fingerprint density at radius 3 is 2.81 bits per heavy atom. The van der Waals surface area contributed by atoms with Crippen LogP contribution in [0.5, 0.6) is 0 Å². The third-order valence-electron chi connectivity index (χ3n) is 3.04. The Hall–Kier alpha value is -1.73. The molecule has 1 aromatic heterocycles. The van der Waals surface area contributed by atoms with Gasteiger partial charge >= 0.3 is 5.69 Å². The van der Waals surface area contributed by atoms with Crippen LogP contribution in [0.2, 0.25) is 0 Å². The molecule has 0 spiro atoms. The fourth-order valence-electron chi connectivity index (χ4n) is 2.01. The van der Waals surface area contributed by atoms with Gasteiger partial charge in [-0.25, -0.2) is 9.18 Å². The number of nitrogens with one attached hydrogen (secondary N) is 1. The van der Waals surface area contributed by atoms with E-state index in [1.165, 1.54) is 0 Å². The van der Waals surface area contributed by atoms with Gasteiger partial charge in [0.05, 0.1) is 12.8 Å². The lowest BCUT2D eigenvalue weighted by atomic mass is 9.97. The van der Waals surface area contributed by atoms with Gasteiger partial charge in [0.25, 0.3) is 5.56 Å². The molecule has 3 N–H and O–H groups in total. The van der Waals surface area contributed by atoms with E-state index in [9.17, 15) is 23.5 Å². The SMILES string of the molecule is O=c1[nH]c(=O)n([C@@H]2O[C@H](CO)C(O)C2(F)C#CCl)cc1F. The van der Waals surface area contributed by atoms with Crippen LogP contribution < -0.4 is 11.2 Å². The zero-order valence-electron chi connectivity index (χ0n) is 10.2. The number of aliphatic hydroxyl groups excluding tert-OH is 2. The molecule has 0 aliphatic carbocycles. The number of aliphatic hydroxyl groups is 2. The molecule has 4 atom stereocenters. The highest BCUT2D eigenvalue weighted by Gasteiger charge is 2.58. The Morgan fingerprint density at radius 2 is 2.24 bits per heavy atom. The normalized spacial score (nSPS) is 31.8. The highest BCUT2D eigenvalue weighted by atomic mass is 35.5. The van der Waals surface area contributed by atoms with Crippen molar-refractivity contribution in [1.29, 1.82) is 0 Å². The third-order valence-corrected chi connectivity index (χ3v) is 3.14. The van der Waals surface area contributed by atoms with Gasteiger partial charge in [-0.3, -0.25) is 14.3 Å². The molecular weight excluding hydrogens is 314 g/mol. The van der Waals surface area contributed by atoms with E-state index in [-0.39, 0.29) is 0 Å². The van der Waals surface area contributed by atoms with Crippen LogP contribution in [0.15, 0.2) is 15.8 Å². The van der Waals surface area contributed by atoms with Crippen molar-refractivity contribution in [1.82, 2.24) is 9.55 Å². The molecule has 1 aliphatic heterocycles. The van der Waals surface area contributed by atoms with Gasteiger partial charge in [0, 0.05) is 5.38 Å². The van der Waals surface area contributed by atoms with Gasteiger partial charge in [0.15, 0.2) is 6.23 Å². The molecule has 10 heteroatoms. The number of alkyl halides is 1. The van der Waals surface area contributed by atoms with E-state index < -0.39 is 47.8 Å². The summed E-state index contributed by atoms with van der Waals surface area (Å²) >= 11 is 5.13. The van der Waals surface area contributed by atoms with E-state index in [0.29, 0.717) is 10.8 Å². The zero-order chi connectivity index (χ0) is 15.8.